The molecule has 1 saturated carbocycles. The Morgan fingerprint density at radius 2 is 1.84 bits per heavy atom. The average Bonchev–Trinajstić information content (AvgIpc) is 2.41. The third-order valence-electron chi connectivity index (χ3n) is 3.52. The smallest absolute Gasteiger partial charge is 0.229 e. The summed E-state index contributed by atoms with van der Waals surface area (Å²) < 4.78 is 5.09. The van der Waals surface area contributed by atoms with E-state index in [0.29, 0.717) is 5.69 Å². The van der Waals surface area contributed by atoms with E-state index in [4.69, 9.17) is 15.6 Å². The molecule has 0 saturated heterocycles. The van der Waals surface area contributed by atoms with E-state index in [1.165, 1.54) is 12.1 Å². The number of rotatable bonds is 4. The van der Waals surface area contributed by atoms with Gasteiger partial charge in [-0.2, -0.15) is 0 Å². The molecule has 0 spiro atoms. The van der Waals surface area contributed by atoms with Crippen molar-refractivity contribution in [2.45, 2.75) is 24.1 Å². The second-order valence-electron chi connectivity index (χ2n) is 4.65. The fourth-order valence-electron chi connectivity index (χ4n) is 2.22. The molecule has 106 valence electrons. The second kappa shape index (κ2) is 4.95. The maximum Gasteiger partial charge on any atom is 0.229 e. The quantitative estimate of drug-likeness (QED) is 0.276. The van der Waals surface area contributed by atoms with Gasteiger partial charge in [0.15, 0.2) is 5.60 Å². The van der Waals surface area contributed by atoms with Crippen molar-refractivity contribution >= 4 is 5.69 Å². The van der Waals surface area contributed by atoms with E-state index in [1.54, 1.807) is 12.1 Å². The van der Waals surface area contributed by atoms with Crippen LogP contribution in [0.5, 0.6) is 5.75 Å². The van der Waals surface area contributed by atoms with Gasteiger partial charge in [-0.05, 0) is 24.3 Å². The first kappa shape index (κ1) is 14.0. The molecule has 7 heteroatoms. The molecule has 19 heavy (non-hydrogen) atoms. The highest BCUT2D eigenvalue weighted by molar-refractivity contribution is 5.41. The molecule has 1 aliphatic rings. The van der Waals surface area contributed by atoms with Gasteiger partial charge >= 0.3 is 0 Å². The number of hydrogen-bond donors (Lipinski definition) is 6. The van der Waals surface area contributed by atoms with Crippen molar-refractivity contribution in [2.24, 2.45) is 5.92 Å². The number of benzene rings is 1. The van der Waals surface area contributed by atoms with E-state index in [2.05, 4.69) is 0 Å². The highest BCUT2D eigenvalue weighted by Gasteiger charge is 2.65. The molecule has 0 aromatic heterocycles. The zero-order chi connectivity index (χ0) is 14.2. The van der Waals surface area contributed by atoms with E-state index < -0.39 is 36.6 Å². The summed E-state index contributed by atoms with van der Waals surface area (Å²) in [5, 5.41) is 48.0. The minimum Gasteiger partial charge on any atom is -0.462 e. The fourth-order valence-corrected chi connectivity index (χ4v) is 2.22. The summed E-state index contributed by atoms with van der Waals surface area (Å²) in [6, 6.07) is 6.05. The molecule has 0 heterocycles. The van der Waals surface area contributed by atoms with E-state index in [9.17, 15) is 20.4 Å². The van der Waals surface area contributed by atoms with Crippen molar-refractivity contribution < 1.29 is 30.3 Å². The van der Waals surface area contributed by atoms with Gasteiger partial charge in [-0.3, -0.25) is 0 Å². The lowest BCUT2D eigenvalue weighted by molar-refractivity contribution is -0.332. The highest BCUT2D eigenvalue weighted by atomic mass is 16.6. The van der Waals surface area contributed by atoms with Crippen LogP contribution in [0.1, 0.15) is 0 Å². The number of nitrogens with two attached hydrogens (primary N) is 1. The second-order valence-corrected chi connectivity index (χ2v) is 4.65. The van der Waals surface area contributed by atoms with Crippen LogP contribution >= 0.6 is 0 Å². The van der Waals surface area contributed by atoms with Crippen LogP contribution in [0.4, 0.5) is 5.69 Å². The molecule has 0 aliphatic heterocycles. The van der Waals surface area contributed by atoms with E-state index in [1.807, 2.05) is 0 Å². The zero-order valence-corrected chi connectivity index (χ0v) is 10.0. The van der Waals surface area contributed by atoms with Crippen molar-refractivity contribution in [3.05, 3.63) is 24.3 Å². The molecule has 7 nitrogen and oxygen atoms in total. The van der Waals surface area contributed by atoms with Gasteiger partial charge in [-0.15, -0.1) is 0 Å². The van der Waals surface area contributed by atoms with Crippen LogP contribution in [0, 0.1) is 5.92 Å². The Balaban J connectivity index is 2.11. The van der Waals surface area contributed by atoms with Gasteiger partial charge in [-0.1, -0.05) is 0 Å². The van der Waals surface area contributed by atoms with Gasteiger partial charge < -0.3 is 36.0 Å². The minimum absolute atomic E-state index is 0.236. The number of aliphatic hydroxyl groups is 5. The average molecular weight is 271 g/mol. The van der Waals surface area contributed by atoms with Gasteiger partial charge in [0.05, 0.1) is 12.7 Å². The van der Waals surface area contributed by atoms with Gasteiger partial charge in [0, 0.05) is 11.6 Å². The molecule has 1 aromatic rings. The molecular weight excluding hydrogens is 254 g/mol. The molecule has 0 radical (unpaired) electrons. The topological polar surface area (TPSA) is 136 Å². The largest absolute Gasteiger partial charge is 0.462 e. The Morgan fingerprint density at radius 3 is 2.37 bits per heavy atom. The Kier molecular flexibility index (Phi) is 3.66. The summed E-state index contributed by atoms with van der Waals surface area (Å²) >= 11 is 0. The van der Waals surface area contributed by atoms with Gasteiger partial charge in [-0.25, -0.2) is 0 Å². The van der Waals surface area contributed by atoms with Crippen molar-refractivity contribution in [1.82, 2.24) is 0 Å². The predicted octanol–water partition coefficient (Wildman–Crippen LogP) is -1.96. The van der Waals surface area contributed by atoms with Crippen LogP contribution in [-0.4, -0.2) is 56.2 Å². The molecule has 2 rings (SSSR count). The number of anilines is 1. The summed E-state index contributed by atoms with van der Waals surface area (Å²) in [5.41, 5.74) is 3.88. The van der Waals surface area contributed by atoms with Crippen LogP contribution in [0.2, 0.25) is 0 Å². The van der Waals surface area contributed by atoms with Crippen LogP contribution in [-0.2, 0) is 0 Å². The molecule has 5 atom stereocenters. The van der Waals surface area contributed by atoms with Crippen LogP contribution < -0.4 is 10.5 Å². The van der Waals surface area contributed by atoms with Crippen molar-refractivity contribution in [3.8, 4) is 5.75 Å². The van der Waals surface area contributed by atoms with Crippen LogP contribution in [0.25, 0.3) is 0 Å². The van der Waals surface area contributed by atoms with Crippen LogP contribution in [0.15, 0.2) is 24.3 Å². The maximum absolute atomic E-state index is 10.1. The molecule has 1 aromatic carbocycles. The highest BCUT2D eigenvalue weighted by Crippen LogP contribution is 2.42. The van der Waals surface area contributed by atoms with Crippen LogP contribution in [0.3, 0.4) is 0 Å². The Hall–Kier alpha value is -1.38. The first-order chi connectivity index (χ1) is 8.91. The number of ether oxygens (including phenoxy) is 1. The first-order valence-electron chi connectivity index (χ1n) is 5.81. The molecule has 3 unspecified atom stereocenters. The Morgan fingerprint density at radius 1 is 1.26 bits per heavy atom. The third-order valence-corrected chi connectivity index (χ3v) is 3.52. The monoisotopic (exact) mass is 271 g/mol. The molecule has 0 bridgehead atoms. The summed E-state index contributed by atoms with van der Waals surface area (Å²) in [6.07, 6.45) is -4.68. The predicted molar refractivity (Wildman–Crippen MR) is 65.0 cm³/mol. The summed E-state index contributed by atoms with van der Waals surface area (Å²) in [4.78, 5) is 0. The molecule has 0 amide bonds. The summed E-state index contributed by atoms with van der Waals surface area (Å²) in [7, 11) is 0. The summed E-state index contributed by atoms with van der Waals surface area (Å²) in [6.45, 7) is -0.586. The van der Waals surface area contributed by atoms with Crippen molar-refractivity contribution in [2.75, 3.05) is 12.3 Å². The molecular formula is C12H17NO6. The number of aliphatic hydroxyl groups excluding tert-OH is 4. The minimum atomic E-state index is -2.12. The van der Waals surface area contributed by atoms with Gasteiger partial charge in [0.25, 0.3) is 0 Å². The van der Waals surface area contributed by atoms with Crippen molar-refractivity contribution in [3.63, 3.8) is 0 Å². The van der Waals surface area contributed by atoms with Gasteiger partial charge in [0.2, 0.25) is 6.29 Å². The number of hydrogen-bond acceptors (Lipinski definition) is 7. The van der Waals surface area contributed by atoms with Crippen molar-refractivity contribution in [1.29, 1.82) is 0 Å². The van der Waals surface area contributed by atoms with E-state index >= 15 is 0 Å². The zero-order valence-electron chi connectivity index (χ0n) is 10.0. The lowest BCUT2D eigenvalue weighted by Crippen LogP contribution is -2.76. The van der Waals surface area contributed by atoms with Gasteiger partial charge in [0.1, 0.15) is 11.9 Å². The molecule has 1 fully saturated rings. The fraction of sp³-hybridized carbons (Fsp3) is 0.500. The number of nitrogen functional groups attached to an aromatic ring is 1. The molecule has 1 aliphatic carbocycles. The lowest BCUT2D eigenvalue weighted by Gasteiger charge is -2.53. The van der Waals surface area contributed by atoms with E-state index in [-0.39, 0.29) is 5.75 Å². The summed E-state index contributed by atoms with van der Waals surface area (Å²) in [5.74, 6) is -0.841. The maximum atomic E-state index is 10.1. The first-order valence-corrected chi connectivity index (χ1v) is 5.81. The van der Waals surface area contributed by atoms with E-state index in [0.717, 1.165) is 0 Å². The normalized spacial score (nSPS) is 35.5. The lowest BCUT2D eigenvalue weighted by atomic mass is 9.64. The third kappa shape index (κ3) is 2.15. The SMILES string of the molecule is Nc1ccc(O[C@@H](O)C2(O)C(O)[C@H](O)C2CO)cc1. The Bertz CT molecular complexity index is 438. The Labute approximate surface area is 109 Å². The molecule has 7 N–H and O–H groups in total. The standard InChI is InChI=1S/C12H17NO6/c13-6-1-3-7(4-2-6)19-11(17)12(18)8(5-14)9(15)10(12)16/h1-4,8-11,14-18H,5,13H2/t8?,9-,10?,11-,12?/m1/s1.